The van der Waals surface area contributed by atoms with Crippen LogP contribution in [0, 0.1) is 0 Å². The second-order valence-electron chi connectivity index (χ2n) is 5.13. The topological polar surface area (TPSA) is 35.6 Å². The molecule has 2 rings (SSSR count). The number of rotatable bonds is 5. The van der Waals surface area contributed by atoms with Gasteiger partial charge in [-0.05, 0) is 24.6 Å². The molecule has 0 bridgehead atoms. The van der Waals surface area contributed by atoms with Crippen molar-refractivity contribution in [2.45, 2.75) is 13.5 Å². The minimum atomic E-state index is 0.124. The number of carbonyl (C=O) groups is 1. The largest absolute Gasteiger partial charge is 0.355 e. The van der Waals surface area contributed by atoms with Crippen molar-refractivity contribution in [1.29, 1.82) is 0 Å². The van der Waals surface area contributed by atoms with Crippen LogP contribution < -0.4 is 5.32 Å². The number of benzene rings is 1. The van der Waals surface area contributed by atoms with E-state index in [0.717, 1.165) is 37.7 Å². The van der Waals surface area contributed by atoms with Crippen molar-refractivity contribution < 1.29 is 4.79 Å². The van der Waals surface area contributed by atoms with Gasteiger partial charge in [-0.15, -0.1) is 0 Å². The van der Waals surface area contributed by atoms with Crippen LogP contribution in [0.2, 0.25) is 5.02 Å². The zero-order valence-corrected chi connectivity index (χ0v) is 12.7. The molecule has 1 N–H and O–H groups in total. The Morgan fingerprint density at radius 2 is 1.75 bits per heavy atom. The van der Waals surface area contributed by atoms with Crippen LogP contribution >= 0.6 is 11.6 Å². The molecule has 5 heteroatoms. The Hall–Kier alpha value is -1.10. The number of amides is 1. The first-order valence-electron chi connectivity index (χ1n) is 7.13. The maximum absolute atomic E-state index is 11.5. The number of likely N-dealkylation sites (N-methyl/N-ethyl adjacent to an activating group) is 1. The predicted octanol–water partition coefficient (Wildman–Crippen LogP) is 1.59. The van der Waals surface area contributed by atoms with Crippen LogP contribution in [0.5, 0.6) is 0 Å². The minimum absolute atomic E-state index is 0.124. The third-order valence-electron chi connectivity index (χ3n) is 3.53. The highest BCUT2D eigenvalue weighted by Crippen LogP contribution is 2.12. The van der Waals surface area contributed by atoms with E-state index in [2.05, 4.69) is 27.2 Å². The summed E-state index contributed by atoms with van der Waals surface area (Å²) in [5.41, 5.74) is 1.28. The summed E-state index contributed by atoms with van der Waals surface area (Å²) in [6.45, 7) is 8.02. The molecule has 0 atom stereocenters. The normalized spacial score (nSPS) is 17.1. The average Bonchev–Trinajstić information content (AvgIpc) is 2.44. The van der Waals surface area contributed by atoms with Crippen LogP contribution in [0.25, 0.3) is 0 Å². The Kier molecular flexibility index (Phi) is 5.83. The third kappa shape index (κ3) is 4.78. The lowest BCUT2D eigenvalue weighted by Crippen LogP contribution is -2.49. The fraction of sp³-hybridized carbons (Fsp3) is 0.533. The summed E-state index contributed by atoms with van der Waals surface area (Å²) in [5, 5.41) is 3.62. The predicted molar refractivity (Wildman–Crippen MR) is 81.9 cm³/mol. The summed E-state index contributed by atoms with van der Waals surface area (Å²) < 4.78 is 0. The van der Waals surface area contributed by atoms with Crippen molar-refractivity contribution in [3.63, 3.8) is 0 Å². The first-order valence-corrected chi connectivity index (χ1v) is 7.51. The van der Waals surface area contributed by atoms with E-state index in [1.807, 2.05) is 19.1 Å². The number of nitrogens with zero attached hydrogens (tertiary/aromatic N) is 2. The van der Waals surface area contributed by atoms with Crippen molar-refractivity contribution in [1.82, 2.24) is 15.1 Å². The standard InChI is InChI=1S/C15H22ClN3O/c1-2-17-15(20)12-19-9-7-18(8-10-19)11-13-3-5-14(16)6-4-13/h3-6H,2,7-12H2,1H3,(H,17,20). The lowest BCUT2D eigenvalue weighted by Gasteiger charge is -2.34. The van der Waals surface area contributed by atoms with Gasteiger partial charge in [-0.25, -0.2) is 0 Å². The Labute approximate surface area is 125 Å². The van der Waals surface area contributed by atoms with Crippen molar-refractivity contribution in [3.8, 4) is 0 Å². The fourth-order valence-corrected chi connectivity index (χ4v) is 2.54. The van der Waals surface area contributed by atoms with Crippen molar-refractivity contribution in [2.24, 2.45) is 0 Å². The van der Waals surface area contributed by atoms with Gasteiger partial charge in [0.15, 0.2) is 0 Å². The Bertz CT molecular complexity index is 427. The highest BCUT2D eigenvalue weighted by Gasteiger charge is 2.18. The van der Waals surface area contributed by atoms with Crippen LogP contribution in [-0.2, 0) is 11.3 Å². The van der Waals surface area contributed by atoms with Crippen molar-refractivity contribution in [2.75, 3.05) is 39.3 Å². The molecule has 0 radical (unpaired) electrons. The second-order valence-corrected chi connectivity index (χ2v) is 5.57. The SMILES string of the molecule is CCNC(=O)CN1CCN(Cc2ccc(Cl)cc2)CC1. The molecule has 1 aromatic carbocycles. The number of hydrogen-bond acceptors (Lipinski definition) is 3. The zero-order valence-electron chi connectivity index (χ0n) is 11.9. The quantitative estimate of drug-likeness (QED) is 0.896. The van der Waals surface area contributed by atoms with E-state index in [1.165, 1.54) is 5.56 Å². The van der Waals surface area contributed by atoms with Crippen molar-refractivity contribution in [3.05, 3.63) is 34.9 Å². The molecule has 4 nitrogen and oxygen atoms in total. The molecule has 0 aliphatic carbocycles. The monoisotopic (exact) mass is 295 g/mol. The highest BCUT2D eigenvalue weighted by molar-refractivity contribution is 6.30. The molecule has 1 aliphatic heterocycles. The van der Waals surface area contributed by atoms with E-state index >= 15 is 0 Å². The van der Waals surface area contributed by atoms with Crippen LogP contribution in [-0.4, -0.2) is 55.0 Å². The molecule has 1 aliphatic rings. The van der Waals surface area contributed by atoms with Crippen LogP contribution in [0.4, 0.5) is 0 Å². The molecule has 20 heavy (non-hydrogen) atoms. The first kappa shape index (κ1) is 15.3. The van der Waals surface area contributed by atoms with Gasteiger partial charge in [0.2, 0.25) is 5.91 Å². The van der Waals surface area contributed by atoms with Gasteiger partial charge < -0.3 is 5.32 Å². The molecule has 0 saturated carbocycles. The Morgan fingerprint density at radius 3 is 2.35 bits per heavy atom. The zero-order chi connectivity index (χ0) is 14.4. The van der Waals surface area contributed by atoms with Gasteiger partial charge >= 0.3 is 0 Å². The highest BCUT2D eigenvalue weighted by atomic mass is 35.5. The van der Waals surface area contributed by atoms with Gasteiger partial charge in [-0.2, -0.15) is 0 Å². The van der Waals surface area contributed by atoms with Crippen LogP contribution in [0.15, 0.2) is 24.3 Å². The summed E-state index contributed by atoms with van der Waals surface area (Å²) in [6, 6.07) is 8.01. The van der Waals surface area contributed by atoms with E-state index < -0.39 is 0 Å². The van der Waals surface area contributed by atoms with Gasteiger partial charge in [0.25, 0.3) is 0 Å². The molecule has 1 fully saturated rings. The smallest absolute Gasteiger partial charge is 0.234 e. The van der Waals surface area contributed by atoms with Crippen LogP contribution in [0.1, 0.15) is 12.5 Å². The number of nitrogens with one attached hydrogen (secondary N) is 1. The summed E-state index contributed by atoms with van der Waals surface area (Å²) in [7, 11) is 0. The molecule has 1 amide bonds. The second kappa shape index (κ2) is 7.62. The van der Waals surface area contributed by atoms with Crippen molar-refractivity contribution >= 4 is 17.5 Å². The van der Waals surface area contributed by atoms with Gasteiger partial charge in [0.05, 0.1) is 6.54 Å². The summed E-state index contributed by atoms with van der Waals surface area (Å²) in [4.78, 5) is 16.2. The first-order chi connectivity index (χ1) is 9.67. The van der Waals surface area contributed by atoms with Gasteiger partial charge in [0.1, 0.15) is 0 Å². The number of carbonyl (C=O) groups excluding carboxylic acids is 1. The minimum Gasteiger partial charge on any atom is -0.355 e. The van der Waals surface area contributed by atoms with Gasteiger partial charge in [-0.1, -0.05) is 23.7 Å². The molecule has 1 heterocycles. The molecule has 0 spiro atoms. The van der Waals surface area contributed by atoms with E-state index in [-0.39, 0.29) is 5.91 Å². The maximum Gasteiger partial charge on any atom is 0.234 e. The molecular weight excluding hydrogens is 274 g/mol. The summed E-state index contributed by atoms with van der Waals surface area (Å²) >= 11 is 5.89. The van der Waals surface area contributed by atoms with Crippen LogP contribution in [0.3, 0.4) is 0 Å². The molecule has 1 saturated heterocycles. The third-order valence-corrected chi connectivity index (χ3v) is 3.78. The molecule has 0 unspecified atom stereocenters. The Morgan fingerprint density at radius 1 is 1.15 bits per heavy atom. The number of hydrogen-bond donors (Lipinski definition) is 1. The fourth-order valence-electron chi connectivity index (χ4n) is 2.41. The maximum atomic E-state index is 11.5. The number of halogens is 1. The Balaban J connectivity index is 1.74. The van der Waals surface area contributed by atoms with E-state index in [9.17, 15) is 4.79 Å². The summed E-state index contributed by atoms with van der Waals surface area (Å²) in [5.74, 6) is 0.124. The lowest BCUT2D eigenvalue weighted by atomic mass is 10.2. The summed E-state index contributed by atoms with van der Waals surface area (Å²) in [6.07, 6.45) is 0. The molecule has 1 aromatic rings. The molecular formula is C15H22ClN3O. The van der Waals surface area contributed by atoms with E-state index in [1.54, 1.807) is 0 Å². The lowest BCUT2D eigenvalue weighted by molar-refractivity contribution is -0.122. The molecule has 0 aromatic heterocycles. The van der Waals surface area contributed by atoms with Gasteiger partial charge in [0, 0.05) is 44.3 Å². The van der Waals surface area contributed by atoms with E-state index in [4.69, 9.17) is 11.6 Å². The average molecular weight is 296 g/mol. The van der Waals surface area contributed by atoms with E-state index in [0.29, 0.717) is 13.1 Å². The molecule has 110 valence electrons. The van der Waals surface area contributed by atoms with Gasteiger partial charge in [-0.3, -0.25) is 14.6 Å². The number of piperazine rings is 1.